The second kappa shape index (κ2) is 5.73. The Balaban J connectivity index is 2.29. The van der Waals surface area contributed by atoms with E-state index in [2.05, 4.69) is 18.2 Å². The number of benzene rings is 1. The van der Waals surface area contributed by atoms with Gasteiger partial charge in [-0.2, -0.15) is 0 Å². The van der Waals surface area contributed by atoms with Crippen LogP contribution in [0.15, 0.2) is 24.3 Å². The molecular formula is C17H27NO2S. The van der Waals surface area contributed by atoms with Gasteiger partial charge in [-0.25, -0.2) is 8.42 Å². The molecule has 1 unspecified atom stereocenters. The molecule has 4 heteroatoms. The second-order valence-corrected chi connectivity index (χ2v) is 10.0. The highest BCUT2D eigenvalue weighted by atomic mass is 32.2. The standard InChI is InChI=1S/C17H27NO2S/c1-16(2,3)21(19,20)12-11-17(13-18)10-6-8-14-7-4-5-9-15(14)17/h4-5,7,9H,6,8,10-13,18H2,1-3H3. The topological polar surface area (TPSA) is 60.2 Å². The Bertz CT molecular complexity index is 601. The number of sulfone groups is 1. The van der Waals surface area contributed by atoms with Gasteiger partial charge in [-0.15, -0.1) is 0 Å². The fourth-order valence-corrected chi connectivity index (χ4v) is 4.49. The van der Waals surface area contributed by atoms with Crippen molar-refractivity contribution in [3.8, 4) is 0 Å². The molecule has 0 spiro atoms. The maximum absolute atomic E-state index is 12.4. The molecule has 2 N–H and O–H groups in total. The SMILES string of the molecule is CC(C)(C)S(=O)(=O)CCC1(CN)CCCc2ccccc21. The molecule has 0 aliphatic heterocycles. The van der Waals surface area contributed by atoms with Gasteiger partial charge in [-0.1, -0.05) is 24.3 Å². The molecule has 0 amide bonds. The lowest BCUT2D eigenvalue weighted by atomic mass is 9.68. The first-order chi connectivity index (χ1) is 9.72. The fraction of sp³-hybridized carbons (Fsp3) is 0.647. The molecule has 1 aliphatic carbocycles. The fourth-order valence-electron chi connectivity index (χ4n) is 3.22. The average molecular weight is 309 g/mol. The highest BCUT2D eigenvalue weighted by Crippen LogP contribution is 2.40. The van der Waals surface area contributed by atoms with Crippen molar-refractivity contribution in [2.24, 2.45) is 5.73 Å². The quantitative estimate of drug-likeness (QED) is 0.930. The minimum absolute atomic E-state index is 0.173. The minimum atomic E-state index is -3.10. The van der Waals surface area contributed by atoms with Crippen LogP contribution in [-0.2, 0) is 21.7 Å². The van der Waals surface area contributed by atoms with E-state index in [1.165, 1.54) is 11.1 Å². The van der Waals surface area contributed by atoms with E-state index in [0.29, 0.717) is 13.0 Å². The third kappa shape index (κ3) is 3.16. The van der Waals surface area contributed by atoms with Crippen LogP contribution in [0, 0.1) is 0 Å². The van der Waals surface area contributed by atoms with Gasteiger partial charge in [0.2, 0.25) is 0 Å². The summed E-state index contributed by atoms with van der Waals surface area (Å²) < 4.78 is 24.2. The molecule has 0 radical (unpaired) electrons. The molecule has 1 aliphatic rings. The predicted octanol–water partition coefficient (Wildman–Crippen LogP) is 2.82. The van der Waals surface area contributed by atoms with Gasteiger partial charge in [0, 0.05) is 12.0 Å². The van der Waals surface area contributed by atoms with Crippen LogP contribution in [0.1, 0.15) is 51.2 Å². The van der Waals surface area contributed by atoms with Crippen LogP contribution in [0.25, 0.3) is 0 Å². The van der Waals surface area contributed by atoms with E-state index < -0.39 is 14.6 Å². The number of hydrogen-bond donors (Lipinski definition) is 1. The molecule has 2 rings (SSSR count). The molecule has 1 aromatic carbocycles. The summed E-state index contributed by atoms with van der Waals surface area (Å²) in [6.07, 6.45) is 3.77. The van der Waals surface area contributed by atoms with E-state index in [1.807, 2.05) is 6.07 Å². The van der Waals surface area contributed by atoms with Gasteiger partial charge in [-0.3, -0.25) is 0 Å². The highest BCUT2D eigenvalue weighted by molar-refractivity contribution is 7.92. The Hall–Kier alpha value is -0.870. The molecule has 0 bridgehead atoms. The Morgan fingerprint density at radius 2 is 1.90 bits per heavy atom. The summed E-state index contributed by atoms with van der Waals surface area (Å²) in [6, 6.07) is 8.37. The molecule has 0 heterocycles. The van der Waals surface area contributed by atoms with Gasteiger partial charge in [0.05, 0.1) is 10.5 Å². The predicted molar refractivity (Wildman–Crippen MR) is 88.3 cm³/mol. The largest absolute Gasteiger partial charge is 0.330 e. The number of rotatable bonds is 4. The van der Waals surface area contributed by atoms with Crippen molar-refractivity contribution in [2.75, 3.05) is 12.3 Å². The maximum Gasteiger partial charge on any atom is 0.155 e. The van der Waals surface area contributed by atoms with Gasteiger partial charge < -0.3 is 5.73 Å². The van der Waals surface area contributed by atoms with Gasteiger partial charge >= 0.3 is 0 Å². The van der Waals surface area contributed by atoms with Crippen LogP contribution in [0.5, 0.6) is 0 Å². The molecule has 0 saturated heterocycles. The van der Waals surface area contributed by atoms with Crippen molar-refractivity contribution in [1.29, 1.82) is 0 Å². The molecule has 21 heavy (non-hydrogen) atoms. The monoisotopic (exact) mass is 309 g/mol. The van der Waals surface area contributed by atoms with E-state index in [1.54, 1.807) is 20.8 Å². The normalized spacial score (nSPS) is 22.9. The Labute approximate surface area is 128 Å². The Morgan fingerprint density at radius 3 is 2.52 bits per heavy atom. The summed E-state index contributed by atoms with van der Waals surface area (Å²) in [6.45, 7) is 5.83. The van der Waals surface area contributed by atoms with Crippen molar-refractivity contribution in [2.45, 2.75) is 56.6 Å². The number of aryl methyl sites for hydroxylation is 1. The molecule has 118 valence electrons. The summed E-state index contributed by atoms with van der Waals surface area (Å²) in [4.78, 5) is 0. The minimum Gasteiger partial charge on any atom is -0.330 e. The first-order valence-electron chi connectivity index (χ1n) is 7.73. The zero-order valence-electron chi connectivity index (χ0n) is 13.4. The Morgan fingerprint density at radius 1 is 1.24 bits per heavy atom. The first-order valence-corrected chi connectivity index (χ1v) is 9.38. The molecule has 1 atom stereocenters. The molecule has 0 aromatic heterocycles. The lowest BCUT2D eigenvalue weighted by molar-refractivity contribution is 0.356. The van der Waals surface area contributed by atoms with Gasteiger partial charge in [0.1, 0.15) is 0 Å². The van der Waals surface area contributed by atoms with E-state index in [4.69, 9.17) is 5.73 Å². The van der Waals surface area contributed by atoms with E-state index >= 15 is 0 Å². The van der Waals surface area contributed by atoms with Crippen molar-refractivity contribution in [1.82, 2.24) is 0 Å². The Kier molecular flexibility index (Phi) is 4.50. The summed E-state index contributed by atoms with van der Waals surface area (Å²) in [5.74, 6) is 0.210. The lowest BCUT2D eigenvalue weighted by Gasteiger charge is -2.39. The van der Waals surface area contributed by atoms with Crippen LogP contribution in [0.3, 0.4) is 0 Å². The number of nitrogens with two attached hydrogens (primary N) is 1. The van der Waals surface area contributed by atoms with Crippen LogP contribution in [-0.4, -0.2) is 25.5 Å². The van der Waals surface area contributed by atoms with E-state index in [9.17, 15) is 8.42 Å². The molecule has 3 nitrogen and oxygen atoms in total. The molecule has 0 fully saturated rings. The van der Waals surface area contributed by atoms with Crippen LogP contribution in [0.4, 0.5) is 0 Å². The summed E-state index contributed by atoms with van der Waals surface area (Å²) in [5, 5.41) is 0. The van der Waals surface area contributed by atoms with Crippen molar-refractivity contribution in [3.63, 3.8) is 0 Å². The van der Waals surface area contributed by atoms with Crippen molar-refractivity contribution < 1.29 is 8.42 Å². The molecule has 1 aromatic rings. The average Bonchev–Trinajstić information content (AvgIpc) is 2.44. The molecular weight excluding hydrogens is 282 g/mol. The van der Waals surface area contributed by atoms with Crippen LogP contribution >= 0.6 is 0 Å². The number of hydrogen-bond acceptors (Lipinski definition) is 3. The zero-order chi connectivity index (χ0) is 15.7. The van der Waals surface area contributed by atoms with Gasteiger partial charge in [-0.05, 0) is 57.6 Å². The zero-order valence-corrected chi connectivity index (χ0v) is 14.2. The third-order valence-corrected chi connectivity index (χ3v) is 7.47. The summed E-state index contributed by atoms with van der Waals surface area (Å²) in [7, 11) is -3.10. The summed E-state index contributed by atoms with van der Waals surface area (Å²) in [5.41, 5.74) is 8.53. The van der Waals surface area contributed by atoms with Crippen LogP contribution < -0.4 is 5.73 Å². The van der Waals surface area contributed by atoms with Gasteiger partial charge in [0.15, 0.2) is 9.84 Å². The van der Waals surface area contributed by atoms with E-state index in [0.717, 1.165) is 19.3 Å². The number of fused-ring (bicyclic) bond motifs is 1. The maximum atomic E-state index is 12.4. The van der Waals surface area contributed by atoms with Crippen LogP contribution in [0.2, 0.25) is 0 Å². The highest BCUT2D eigenvalue weighted by Gasteiger charge is 2.38. The second-order valence-electron chi connectivity index (χ2n) is 7.18. The van der Waals surface area contributed by atoms with Gasteiger partial charge in [0.25, 0.3) is 0 Å². The van der Waals surface area contributed by atoms with Crippen molar-refractivity contribution in [3.05, 3.63) is 35.4 Å². The summed E-state index contributed by atoms with van der Waals surface area (Å²) >= 11 is 0. The first kappa shape index (κ1) is 16.5. The van der Waals surface area contributed by atoms with E-state index in [-0.39, 0.29) is 11.2 Å². The third-order valence-electron chi connectivity index (χ3n) is 4.86. The van der Waals surface area contributed by atoms with Crippen molar-refractivity contribution >= 4 is 9.84 Å². The molecule has 0 saturated carbocycles. The lowest BCUT2D eigenvalue weighted by Crippen LogP contribution is -2.41. The smallest absolute Gasteiger partial charge is 0.155 e.